The molecule has 19 heavy (non-hydrogen) atoms. The molecule has 0 atom stereocenters. The van der Waals surface area contributed by atoms with Gasteiger partial charge in [0.2, 0.25) is 0 Å². The van der Waals surface area contributed by atoms with Crippen molar-refractivity contribution in [2.45, 2.75) is 0 Å². The highest BCUT2D eigenvalue weighted by Crippen LogP contribution is 2.40. The van der Waals surface area contributed by atoms with Crippen LogP contribution >= 0.6 is 0 Å². The fraction of sp³-hybridized carbons (Fsp3) is 0. The normalized spacial score (nSPS) is 13.6. The van der Waals surface area contributed by atoms with Crippen molar-refractivity contribution in [2.75, 3.05) is 0 Å². The van der Waals surface area contributed by atoms with Crippen LogP contribution in [0, 0.1) is 34.0 Å². The maximum Gasteiger partial charge on any atom is 0.102 e. The maximum atomic E-state index is 9.20. The summed E-state index contributed by atoms with van der Waals surface area (Å²) < 4.78 is 0. The van der Waals surface area contributed by atoms with E-state index in [2.05, 4.69) is 0 Å². The summed E-state index contributed by atoms with van der Waals surface area (Å²) in [7, 11) is 0. The summed E-state index contributed by atoms with van der Waals surface area (Å²) in [5.74, 6) is 1.92. The Kier molecular flexibility index (Phi) is 3.09. The minimum atomic E-state index is -0.0274. The van der Waals surface area contributed by atoms with E-state index in [1.807, 2.05) is 24.1 Å². The molecule has 0 saturated heterocycles. The molecule has 0 spiro atoms. The van der Waals surface area contributed by atoms with Crippen LogP contribution < -0.4 is 0 Å². The SMILES string of the molecule is N#CC1=C(C#N)C(C#N)=C(c2ccccc2)C1=C=[N-]. The second-order valence-corrected chi connectivity index (χ2v) is 3.69. The van der Waals surface area contributed by atoms with E-state index in [1.54, 1.807) is 30.3 Å². The lowest BCUT2D eigenvalue weighted by atomic mass is 9.97. The highest BCUT2D eigenvalue weighted by atomic mass is 14.4. The molecule has 4 nitrogen and oxygen atoms in total. The minimum Gasteiger partial charge on any atom is -0.763 e. The summed E-state index contributed by atoms with van der Waals surface area (Å²) in [6.07, 6.45) is 0. The number of allylic oxidation sites excluding steroid dienone is 5. The topological polar surface area (TPSA) is 93.7 Å². The van der Waals surface area contributed by atoms with Crippen LogP contribution in [0.3, 0.4) is 0 Å². The van der Waals surface area contributed by atoms with Gasteiger partial charge in [-0.2, -0.15) is 15.8 Å². The lowest BCUT2D eigenvalue weighted by Gasteiger charge is -2.06. The molecule has 4 heteroatoms. The van der Waals surface area contributed by atoms with Gasteiger partial charge in [-0.15, -0.1) is 0 Å². The standard InChI is InChI=1S/C15H5N4/c16-6-11-12(7-17)14(9-19)15(13(11)8-18)10-4-2-1-3-5-10/h1-5H/q-1. The highest BCUT2D eigenvalue weighted by Gasteiger charge is 2.29. The minimum absolute atomic E-state index is 0.0274. The van der Waals surface area contributed by atoms with Crippen molar-refractivity contribution in [3.05, 3.63) is 63.6 Å². The van der Waals surface area contributed by atoms with Gasteiger partial charge in [-0.25, -0.2) is 0 Å². The zero-order valence-corrected chi connectivity index (χ0v) is 9.68. The lowest BCUT2D eigenvalue weighted by molar-refractivity contribution is 1.43. The van der Waals surface area contributed by atoms with E-state index in [4.69, 9.17) is 10.5 Å². The van der Waals surface area contributed by atoms with Gasteiger partial charge in [0.25, 0.3) is 0 Å². The molecule has 0 saturated carbocycles. The number of hydrogen-bond donors (Lipinski definition) is 0. The average Bonchev–Trinajstić information content (AvgIpc) is 2.80. The van der Waals surface area contributed by atoms with Crippen LogP contribution in [-0.4, -0.2) is 5.87 Å². The summed E-state index contributed by atoms with van der Waals surface area (Å²) in [5, 5.41) is 36.6. The molecule has 1 aromatic carbocycles. The molecule has 0 amide bonds. The lowest BCUT2D eigenvalue weighted by Crippen LogP contribution is -1.90. The van der Waals surface area contributed by atoms with Gasteiger partial charge in [0.05, 0.1) is 16.7 Å². The molecule has 1 aliphatic carbocycles. The first-order chi connectivity index (χ1) is 9.28. The summed E-state index contributed by atoms with van der Waals surface area (Å²) in [6, 6.07) is 14.4. The predicted octanol–water partition coefficient (Wildman–Crippen LogP) is 2.49. The van der Waals surface area contributed by atoms with Crippen molar-refractivity contribution < 1.29 is 0 Å². The van der Waals surface area contributed by atoms with Gasteiger partial charge in [0.1, 0.15) is 18.2 Å². The molecular formula is C15H5N4-. The molecule has 2 rings (SSSR count). The second-order valence-electron chi connectivity index (χ2n) is 3.69. The number of rotatable bonds is 1. The largest absolute Gasteiger partial charge is 0.763 e. The molecule has 86 valence electrons. The van der Waals surface area contributed by atoms with Crippen molar-refractivity contribution in [3.63, 3.8) is 0 Å². The smallest absolute Gasteiger partial charge is 0.102 e. The van der Waals surface area contributed by atoms with E-state index in [9.17, 15) is 10.7 Å². The Bertz CT molecular complexity index is 783. The van der Waals surface area contributed by atoms with E-state index in [0.717, 1.165) is 0 Å². The van der Waals surface area contributed by atoms with Crippen molar-refractivity contribution in [1.29, 1.82) is 15.8 Å². The Balaban J connectivity index is 2.83. The van der Waals surface area contributed by atoms with E-state index in [1.165, 1.54) is 0 Å². The van der Waals surface area contributed by atoms with Gasteiger partial charge in [0, 0.05) is 11.1 Å². The number of benzene rings is 1. The summed E-state index contributed by atoms with van der Waals surface area (Å²) in [6.45, 7) is 0. The first-order valence-corrected chi connectivity index (χ1v) is 5.31. The van der Waals surface area contributed by atoms with Gasteiger partial charge in [0.15, 0.2) is 0 Å². The molecule has 0 heterocycles. The third-order valence-corrected chi connectivity index (χ3v) is 2.76. The first-order valence-electron chi connectivity index (χ1n) is 5.31. The van der Waals surface area contributed by atoms with Crippen LogP contribution in [0.4, 0.5) is 0 Å². The molecule has 0 aliphatic heterocycles. The number of hydrogen-bond acceptors (Lipinski definition) is 3. The van der Waals surface area contributed by atoms with Crippen molar-refractivity contribution in [1.82, 2.24) is 0 Å². The Hall–Kier alpha value is -3.38. The molecule has 0 radical (unpaired) electrons. The quantitative estimate of drug-likeness (QED) is 0.706. The third-order valence-electron chi connectivity index (χ3n) is 2.76. The van der Waals surface area contributed by atoms with Gasteiger partial charge in [-0.1, -0.05) is 30.3 Å². The van der Waals surface area contributed by atoms with Gasteiger partial charge in [-0.3, -0.25) is 5.87 Å². The Morgan fingerprint density at radius 2 is 1.37 bits per heavy atom. The third kappa shape index (κ3) is 1.74. The Morgan fingerprint density at radius 1 is 0.789 bits per heavy atom. The van der Waals surface area contributed by atoms with Gasteiger partial charge in [-0.05, 0) is 5.56 Å². The molecule has 1 aliphatic rings. The summed E-state index contributed by atoms with van der Waals surface area (Å²) in [5.41, 5.74) is 1.12. The van der Waals surface area contributed by atoms with Crippen LogP contribution in [0.1, 0.15) is 5.56 Å². The Morgan fingerprint density at radius 3 is 1.84 bits per heavy atom. The molecule has 0 unspecified atom stereocenters. The van der Waals surface area contributed by atoms with Crippen LogP contribution in [0.15, 0.2) is 52.6 Å². The van der Waals surface area contributed by atoms with Gasteiger partial charge < -0.3 is 5.41 Å². The van der Waals surface area contributed by atoms with Crippen LogP contribution in [0.25, 0.3) is 11.0 Å². The second kappa shape index (κ2) is 4.86. The fourth-order valence-corrected chi connectivity index (χ4v) is 1.97. The first kappa shape index (κ1) is 12.1. The summed E-state index contributed by atoms with van der Waals surface area (Å²) in [4.78, 5) is 0. The molecule has 0 aromatic heterocycles. The van der Waals surface area contributed by atoms with E-state index >= 15 is 0 Å². The molecule has 0 bridgehead atoms. The summed E-state index contributed by atoms with van der Waals surface area (Å²) >= 11 is 0. The van der Waals surface area contributed by atoms with Gasteiger partial charge >= 0.3 is 0 Å². The fourth-order valence-electron chi connectivity index (χ4n) is 1.97. The van der Waals surface area contributed by atoms with Crippen molar-refractivity contribution in [3.8, 4) is 18.2 Å². The molecule has 0 fully saturated rings. The molecular weight excluding hydrogens is 236 g/mol. The maximum absolute atomic E-state index is 9.20. The van der Waals surface area contributed by atoms with Crippen LogP contribution in [0.5, 0.6) is 0 Å². The predicted molar refractivity (Wildman–Crippen MR) is 69.1 cm³/mol. The van der Waals surface area contributed by atoms with Crippen LogP contribution in [-0.2, 0) is 0 Å². The molecule has 1 aromatic rings. The van der Waals surface area contributed by atoms with Crippen molar-refractivity contribution in [2.24, 2.45) is 0 Å². The zero-order chi connectivity index (χ0) is 13.8. The zero-order valence-electron chi connectivity index (χ0n) is 9.68. The highest BCUT2D eigenvalue weighted by molar-refractivity contribution is 6.04. The Labute approximate surface area is 110 Å². The van der Waals surface area contributed by atoms with E-state index < -0.39 is 0 Å². The van der Waals surface area contributed by atoms with E-state index in [-0.39, 0.29) is 22.3 Å². The molecule has 0 N–H and O–H groups in total. The van der Waals surface area contributed by atoms with E-state index in [0.29, 0.717) is 11.1 Å². The number of nitriles is 3. The van der Waals surface area contributed by atoms with Crippen molar-refractivity contribution >= 4 is 11.4 Å². The monoisotopic (exact) mass is 241 g/mol. The average molecular weight is 241 g/mol. The number of nitrogens with zero attached hydrogens (tertiary/aromatic N) is 4. The van der Waals surface area contributed by atoms with Crippen LogP contribution in [0.2, 0.25) is 0 Å².